The Morgan fingerprint density at radius 1 is 1.36 bits per heavy atom. The van der Waals surface area contributed by atoms with Gasteiger partial charge in [0.2, 0.25) is 0 Å². The first-order valence-electron chi connectivity index (χ1n) is 7.17. The van der Waals surface area contributed by atoms with Gasteiger partial charge in [-0.3, -0.25) is 4.90 Å². The molecule has 2 rings (SSSR count). The number of amides is 1. The molecule has 6 heteroatoms. The molecule has 1 aliphatic heterocycles. The first-order valence-corrected chi connectivity index (χ1v) is 7.17. The van der Waals surface area contributed by atoms with Crippen LogP contribution in [-0.4, -0.2) is 40.3 Å². The van der Waals surface area contributed by atoms with Crippen molar-refractivity contribution in [1.82, 2.24) is 4.90 Å². The van der Waals surface area contributed by atoms with Gasteiger partial charge in [-0.15, -0.1) is 0 Å². The Kier molecular flexibility index (Phi) is 4.39. The summed E-state index contributed by atoms with van der Waals surface area (Å²) >= 11 is 0. The fourth-order valence-electron chi connectivity index (χ4n) is 2.71. The van der Waals surface area contributed by atoms with E-state index < -0.39 is 35.4 Å². The van der Waals surface area contributed by atoms with Gasteiger partial charge in [-0.1, -0.05) is 12.1 Å². The molecule has 0 aromatic heterocycles. The fraction of sp³-hybridized carbons (Fsp3) is 0.500. The second-order valence-corrected chi connectivity index (χ2v) is 6.41. The number of carbonyl (C=O) groups is 2. The summed E-state index contributed by atoms with van der Waals surface area (Å²) in [5, 5.41) is 9.49. The predicted molar refractivity (Wildman–Crippen MR) is 78.1 cm³/mol. The average molecular weight is 309 g/mol. The molecular formula is C16H20FNO4. The summed E-state index contributed by atoms with van der Waals surface area (Å²) in [5.74, 6) is -1.98. The van der Waals surface area contributed by atoms with Crippen LogP contribution in [0.25, 0.3) is 0 Å². The van der Waals surface area contributed by atoms with Crippen molar-refractivity contribution < 1.29 is 23.8 Å². The molecule has 1 fully saturated rings. The van der Waals surface area contributed by atoms with Gasteiger partial charge in [0, 0.05) is 12.5 Å². The van der Waals surface area contributed by atoms with E-state index in [1.807, 2.05) is 0 Å². The molecule has 1 heterocycles. The van der Waals surface area contributed by atoms with Gasteiger partial charge in [0.15, 0.2) is 0 Å². The number of carboxylic acid groups (broad SMARTS) is 1. The lowest BCUT2D eigenvalue weighted by molar-refractivity contribution is -0.142. The van der Waals surface area contributed by atoms with Crippen LogP contribution in [0.2, 0.25) is 0 Å². The summed E-state index contributed by atoms with van der Waals surface area (Å²) in [7, 11) is 0. The van der Waals surface area contributed by atoms with Crippen LogP contribution in [0.15, 0.2) is 24.3 Å². The third kappa shape index (κ3) is 3.55. The summed E-state index contributed by atoms with van der Waals surface area (Å²) in [6.45, 7) is 5.44. The molecule has 0 aliphatic carbocycles. The highest BCUT2D eigenvalue weighted by Gasteiger charge is 2.44. The van der Waals surface area contributed by atoms with Crippen LogP contribution in [0.3, 0.4) is 0 Å². The molecule has 22 heavy (non-hydrogen) atoms. The minimum absolute atomic E-state index is 0.271. The number of carbonyl (C=O) groups excluding carboxylic acids is 1. The van der Waals surface area contributed by atoms with E-state index >= 15 is 0 Å². The Bertz CT molecular complexity index is 582. The van der Waals surface area contributed by atoms with Gasteiger partial charge in [0.1, 0.15) is 17.5 Å². The van der Waals surface area contributed by atoms with Crippen LogP contribution in [0.5, 0.6) is 0 Å². The molecule has 0 bridgehead atoms. The lowest BCUT2D eigenvalue weighted by atomic mass is 9.92. The van der Waals surface area contributed by atoms with Crippen molar-refractivity contribution in [3.05, 3.63) is 35.6 Å². The van der Waals surface area contributed by atoms with Gasteiger partial charge in [0.25, 0.3) is 0 Å². The molecule has 0 radical (unpaired) electrons. The first-order chi connectivity index (χ1) is 10.2. The number of hydrogen-bond acceptors (Lipinski definition) is 3. The summed E-state index contributed by atoms with van der Waals surface area (Å²) in [5.41, 5.74) is -0.115. The first kappa shape index (κ1) is 16.3. The lowest BCUT2D eigenvalue weighted by Gasteiger charge is -2.28. The van der Waals surface area contributed by atoms with Crippen molar-refractivity contribution in [1.29, 1.82) is 0 Å². The topological polar surface area (TPSA) is 66.8 Å². The number of hydrogen-bond donors (Lipinski definition) is 1. The Labute approximate surface area is 128 Å². The number of aliphatic carboxylic acids is 1. The summed E-state index contributed by atoms with van der Waals surface area (Å²) in [4.78, 5) is 25.0. The molecular weight excluding hydrogens is 289 g/mol. The molecule has 1 N–H and O–H groups in total. The molecule has 0 unspecified atom stereocenters. The minimum atomic E-state index is -1.11. The van der Waals surface area contributed by atoms with Crippen molar-refractivity contribution in [3.63, 3.8) is 0 Å². The third-order valence-corrected chi connectivity index (χ3v) is 3.56. The van der Waals surface area contributed by atoms with Crippen molar-refractivity contribution in [2.24, 2.45) is 0 Å². The van der Waals surface area contributed by atoms with Gasteiger partial charge in [-0.2, -0.15) is 0 Å². The summed E-state index contributed by atoms with van der Waals surface area (Å²) in [6, 6.07) is 4.80. The summed E-state index contributed by atoms with van der Waals surface area (Å²) < 4.78 is 18.6. The number of nitrogens with zero attached hydrogens (tertiary/aromatic N) is 1. The highest BCUT2D eigenvalue weighted by molar-refractivity contribution is 5.82. The standard InChI is InChI=1S/C16H20FNO4/c1-16(2,3)22-15(21)18-8-7-12(13(18)14(19)20)10-5-4-6-11(17)9-10/h4-6,9,12-13H,7-8H2,1-3H3,(H,19,20)/t12-,13-/m0/s1. The molecule has 0 spiro atoms. The number of likely N-dealkylation sites (tertiary alicyclic amines) is 1. The van der Waals surface area contributed by atoms with Gasteiger partial charge < -0.3 is 9.84 Å². The number of halogens is 1. The molecule has 1 saturated heterocycles. The zero-order valence-corrected chi connectivity index (χ0v) is 12.9. The van der Waals surface area contributed by atoms with E-state index in [0.717, 1.165) is 0 Å². The Hall–Kier alpha value is -2.11. The molecule has 1 aromatic rings. The molecule has 1 aromatic carbocycles. The van der Waals surface area contributed by atoms with Crippen molar-refractivity contribution in [3.8, 4) is 0 Å². The van der Waals surface area contributed by atoms with Crippen LogP contribution >= 0.6 is 0 Å². The van der Waals surface area contributed by atoms with Crippen LogP contribution < -0.4 is 0 Å². The Balaban J connectivity index is 2.25. The van der Waals surface area contributed by atoms with Crippen molar-refractivity contribution in [2.75, 3.05) is 6.54 Å². The quantitative estimate of drug-likeness (QED) is 0.912. The van der Waals surface area contributed by atoms with Crippen LogP contribution in [0.4, 0.5) is 9.18 Å². The van der Waals surface area contributed by atoms with Crippen molar-refractivity contribution >= 4 is 12.1 Å². The number of carboxylic acids is 1. The second-order valence-electron chi connectivity index (χ2n) is 6.41. The van der Waals surface area contributed by atoms with E-state index in [1.54, 1.807) is 32.9 Å². The molecule has 2 atom stereocenters. The van der Waals surface area contributed by atoms with Crippen molar-refractivity contribution in [2.45, 2.75) is 44.8 Å². The predicted octanol–water partition coefficient (Wildman–Crippen LogP) is 3.00. The van der Waals surface area contributed by atoms with Gasteiger partial charge in [-0.05, 0) is 44.9 Å². The molecule has 1 amide bonds. The van der Waals surface area contributed by atoms with Gasteiger partial charge in [-0.25, -0.2) is 14.0 Å². The molecule has 5 nitrogen and oxygen atoms in total. The average Bonchev–Trinajstić information content (AvgIpc) is 2.81. The van der Waals surface area contributed by atoms with E-state index in [-0.39, 0.29) is 6.54 Å². The van der Waals surface area contributed by atoms with Crippen LogP contribution in [0, 0.1) is 5.82 Å². The highest BCUT2D eigenvalue weighted by Crippen LogP contribution is 2.34. The second kappa shape index (κ2) is 5.94. The number of rotatable bonds is 2. The highest BCUT2D eigenvalue weighted by atomic mass is 19.1. The maximum Gasteiger partial charge on any atom is 0.411 e. The monoisotopic (exact) mass is 309 g/mol. The fourth-order valence-corrected chi connectivity index (χ4v) is 2.71. The van der Waals surface area contributed by atoms with Gasteiger partial charge in [0.05, 0.1) is 0 Å². The van der Waals surface area contributed by atoms with Crippen LogP contribution in [-0.2, 0) is 9.53 Å². The number of benzene rings is 1. The normalized spacial score (nSPS) is 21.7. The molecule has 0 saturated carbocycles. The largest absolute Gasteiger partial charge is 0.480 e. The number of ether oxygens (including phenoxy) is 1. The zero-order chi connectivity index (χ0) is 16.5. The molecule has 1 aliphatic rings. The third-order valence-electron chi connectivity index (χ3n) is 3.56. The van der Waals surface area contributed by atoms with E-state index in [1.165, 1.54) is 17.0 Å². The lowest BCUT2D eigenvalue weighted by Crippen LogP contribution is -2.45. The molecule has 120 valence electrons. The maximum absolute atomic E-state index is 13.4. The van der Waals surface area contributed by atoms with Gasteiger partial charge >= 0.3 is 12.1 Å². The summed E-state index contributed by atoms with van der Waals surface area (Å²) in [6.07, 6.45) is -0.196. The Morgan fingerprint density at radius 2 is 2.05 bits per heavy atom. The van der Waals surface area contributed by atoms with E-state index in [0.29, 0.717) is 12.0 Å². The zero-order valence-electron chi connectivity index (χ0n) is 12.9. The van der Waals surface area contributed by atoms with E-state index in [2.05, 4.69) is 0 Å². The van der Waals surface area contributed by atoms with E-state index in [9.17, 15) is 19.1 Å². The smallest absolute Gasteiger partial charge is 0.411 e. The maximum atomic E-state index is 13.4. The Morgan fingerprint density at radius 3 is 2.59 bits per heavy atom. The van der Waals surface area contributed by atoms with E-state index in [4.69, 9.17) is 4.74 Å². The minimum Gasteiger partial charge on any atom is -0.480 e. The SMILES string of the molecule is CC(C)(C)OC(=O)N1CC[C@@H](c2cccc(F)c2)[C@H]1C(=O)O. The van der Waals surface area contributed by atoms with Crippen LogP contribution in [0.1, 0.15) is 38.7 Å².